The van der Waals surface area contributed by atoms with Gasteiger partial charge in [0.05, 0.1) is 4.92 Å². The number of rotatable bonds is 5. The predicted octanol–water partition coefficient (Wildman–Crippen LogP) is 3.10. The second-order valence-corrected chi connectivity index (χ2v) is 4.47. The Morgan fingerprint density at radius 1 is 1.14 bits per heavy atom. The van der Waals surface area contributed by atoms with Gasteiger partial charge in [-0.05, 0) is 35.8 Å². The average Bonchev–Trinajstić information content (AvgIpc) is 2.48. The molecule has 0 fully saturated rings. The summed E-state index contributed by atoms with van der Waals surface area (Å²) >= 11 is 0. The van der Waals surface area contributed by atoms with E-state index in [1.165, 1.54) is 18.2 Å². The van der Waals surface area contributed by atoms with Crippen LogP contribution in [-0.4, -0.2) is 16.3 Å². The minimum atomic E-state index is -0.637. The molecule has 0 aromatic heterocycles. The number of benzene rings is 2. The Kier molecular flexibility index (Phi) is 4.46. The zero-order chi connectivity index (χ0) is 15.2. The van der Waals surface area contributed by atoms with Crippen LogP contribution in [0.25, 0.3) is 6.08 Å². The standard InChI is InChI=1S/C16H13NO4/c18-8-4-7-14-10-13(9-12-5-2-1-3-6-12)11-15(16(14)19)17(20)21/h1-8,10-11,19H,9H2/b7-4+. The number of hydrogen-bond donors (Lipinski definition) is 1. The molecule has 0 saturated heterocycles. The summed E-state index contributed by atoms with van der Waals surface area (Å²) in [5, 5.41) is 20.9. The van der Waals surface area contributed by atoms with Crippen molar-refractivity contribution in [2.24, 2.45) is 0 Å². The number of aldehydes is 1. The fourth-order valence-electron chi connectivity index (χ4n) is 2.04. The Morgan fingerprint density at radius 2 is 1.86 bits per heavy atom. The minimum Gasteiger partial charge on any atom is -0.502 e. The lowest BCUT2D eigenvalue weighted by atomic mass is 10.0. The normalized spacial score (nSPS) is 10.7. The molecule has 2 rings (SSSR count). The molecule has 1 N–H and O–H groups in total. The van der Waals surface area contributed by atoms with Crippen molar-refractivity contribution in [3.63, 3.8) is 0 Å². The molecule has 0 unspecified atom stereocenters. The van der Waals surface area contributed by atoms with E-state index in [-0.39, 0.29) is 11.3 Å². The molecule has 0 heterocycles. The highest BCUT2D eigenvalue weighted by Crippen LogP contribution is 2.32. The first-order chi connectivity index (χ1) is 10.1. The number of phenolic OH excluding ortho intramolecular Hbond substituents is 1. The summed E-state index contributed by atoms with van der Waals surface area (Å²) in [6, 6.07) is 12.5. The maximum atomic E-state index is 11.0. The summed E-state index contributed by atoms with van der Waals surface area (Å²) in [6.07, 6.45) is 3.59. The molecule has 0 amide bonds. The maximum Gasteiger partial charge on any atom is 0.311 e. The molecule has 0 saturated carbocycles. The molecule has 0 aliphatic rings. The number of nitro groups is 1. The number of hydrogen-bond acceptors (Lipinski definition) is 4. The van der Waals surface area contributed by atoms with Crippen molar-refractivity contribution in [2.75, 3.05) is 0 Å². The van der Waals surface area contributed by atoms with Gasteiger partial charge in [-0.25, -0.2) is 0 Å². The third-order valence-corrected chi connectivity index (χ3v) is 2.98. The summed E-state index contributed by atoms with van der Waals surface area (Å²) in [5.41, 5.74) is 1.58. The molecule has 106 valence electrons. The molecule has 0 spiro atoms. The number of nitrogens with zero attached hydrogens (tertiary/aromatic N) is 1. The van der Waals surface area contributed by atoms with Gasteiger partial charge in [-0.1, -0.05) is 30.3 Å². The van der Waals surface area contributed by atoms with Crippen molar-refractivity contribution in [3.8, 4) is 5.75 Å². The van der Waals surface area contributed by atoms with Crippen molar-refractivity contribution in [1.29, 1.82) is 0 Å². The molecule has 5 heteroatoms. The maximum absolute atomic E-state index is 11.0. The fraction of sp³-hybridized carbons (Fsp3) is 0.0625. The Morgan fingerprint density at radius 3 is 2.48 bits per heavy atom. The summed E-state index contributed by atoms with van der Waals surface area (Å²) in [4.78, 5) is 20.7. The summed E-state index contributed by atoms with van der Waals surface area (Å²) in [7, 11) is 0. The third kappa shape index (κ3) is 3.54. The van der Waals surface area contributed by atoms with Crippen LogP contribution >= 0.6 is 0 Å². The number of phenols is 1. The minimum absolute atomic E-state index is 0.252. The van der Waals surface area contributed by atoms with Gasteiger partial charge in [0.1, 0.15) is 6.29 Å². The first kappa shape index (κ1) is 14.5. The van der Waals surface area contributed by atoms with Crippen molar-refractivity contribution in [3.05, 3.63) is 75.3 Å². The van der Waals surface area contributed by atoms with Crippen LogP contribution in [0.15, 0.2) is 48.5 Å². The van der Waals surface area contributed by atoms with Gasteiger partial charge in [0.15, 0.2) is 0 Å². The van der Waals surface area contributed by atoms with Gasteiger partial charge < -0.3 is 5.11 Å². The lowest BCUT2D eigenvalue weighted by Crippen LogP contribution is -1.95. The second-order valence-electron chi connectivity index (χ2n) is 4.47. The van der Waals surface area contributed by atoms with Crippen LogP contribution in [0.2, 0.25) is 0 Å². The van der Waals surface area contributed by atoms with Crippen LogP contribution in [0, 0.1) is 10.1 Å². The van der Waals surface area contributed by atoms with Crippen molar-refractivity contribution in [1.82, 2.24) is 0 Å². The molecule has 0 atom stereocenters. The number of nitro benzene ring substituents is 1. The zero-order valence-corrected chi connectivity index (χ0v) is 11.1. The number of aromatic hydroxyl groups is 1. The van der Waals surface area contributed by atoms with Crippen LogP contribution in [0.3, 0.4) is 0 Å². The molecular formula is C16H13NO4. The van der Waals surface area contributed by atoms with E-state index in [2.05, 4.69) is 0 Å². The van der Waals surface area contributed by atoms with E-state index in [4.69, 9.17) is 0 Å². The Balaban J connectivity index is 2.46. The topological polar surface area (TPSA) is 80.4 Å². The lowest BCUT2D eigenvalue weighted by molar-refractivity contribution is -0.385. The SMILES string of the molecule is O=C/C=C/c1cc(Cc2ccccc2)cc([N+](=O)[O-])c1O. The van der Waals surface area contributed by atoms with Crippen molar-refractivity contribution in [2.45, 2.75) is 6.42 Å². The summed E-state index contributed by atoms with van der Waals surface area (Å²) < 4.78 is 0. The molecule has 21 heavy (non-hydrogen) atoms. The van der Waals surface area contributed by atoms with Gasteiger partial charge in [0.25, 0.3) is 0 Å². The number of allylic oxidation sites excluding steroid dienone is 1. The summed E-state index contributed by atoms with van der Waals surface area (Å²) in [5.74, 6) is -0.435. The molecule has 0 aliphatic carbocycles. The van der Waals surface area contributed by atoms with E-state index in [1.807, 2.05) is 30.3 Å². The van der Waals surface area contributed by atoms with Crippen molar-refractivity contribution >= 4 is 18.0 Å². The van der Waals surface area contributed by atoms with Crippen LogP contribution in [0.1, 0.15) is 16.7 Å². The van der Waals surface area contributed by atoms with E-state index in [0.717, 1.165) is 5.56 Å². The van der Waals surface area contributed by atoms with Gasteiger partial charge in [-0.3, -0.25) is 14.9 Å². The van der Waals surface area contributed by atoms with Crippen molar-refractivity contribution < 1.29 is 14.8 Å². The van der Waals surface area contributed by atoms with Gasteiger partial charge >= 0.3 is 5.69 Å². The zero-order valence-electron chi connectivity index (χ0n) is 11.1. The average molecular weight is 283 g/mol. The molecule has 0 bridgehead atoms. The van der Waals surface area contributed by atoms with Gasteiger partial charge in [0.2, 0.25) is 5.75 Å². The van der Waals surface area contributed by atoms with Gasteiger partial charge in [-0.2, -0.15) is 0 Å². The van der Waals surface area contributed by atoms with Gasteiger partial charge in [-0.15, -0.1) is 0 Å². The van der Waals surface area contributed by atoms with Crippen LogP contribution in [0.4, 0.5) is 5.69 Å². The Hall–Kier alpha value is -2.95. The van der Waals surface area contributed by atoms with Crippen LogP contribution in [0.5, 0.6) is 5.75 Å². The van der Waals surface area contributed by atoms with E-state index >= 15 is 0 Å². The Labute approximate surface area is 121 Å². The van der Waals surface area contributed by atoms with E-state index in [0.29, 0.717) is 18.3 Å². The fourth-order valence-corrected chi connectivity index (χ4v) is 2.04. The molecule has 2 aromatic rings. The highest BCUT2D eigenvalue weighted by Gasteiger charge is 2.17. The predicted molar refractivity (Wildman–Crippen MR) is 79.1 cm³/mol. The van der Waals surface area contributed by atoms with Crippen LogP contribution < -0.4 is 0 Å². The molecule has 0 radical (unpaired) electrons. The molecular weight excluding hydrogens is 270 g/mol. The highest BCUT2D eigenvalue weighted by atomic mass is 16.6. The quantitative estimate of drug-likeness (QED) is 0.395. The first-order valence-corrected chi connectivity index (χ1v) is 6.28. The monoisotopic (exact) mass is 283 g/mol. The second kappa shape index (κ2) is 6.47. The van der Waals surface area contributed by atoms with Gasteiger partial charge in [0, 0.05) is 11.6 Å². The highest BCUT2D eigenvalue weighted by molar-refractivity contribution is 5.77. The summed E-state index contributed by atoms with van der Waals surface area (Å²) in [6.45, 7) is 0. The van der Waals surface area contributed by atoms with E-state index < -0.39 is 10.7 Å². The number of carbonyl (C=O) groups excluding carboxylic acids is 1. The smallest absolute Gasteiger partial charge is 0.311 e. The first-order valence-electron chi connectivity index (χ1n) is 6.28. The van der Waals surface area contributed by atoms with Crippen LogP contribution in [-0.2, 0) is 11.2 Å². The largest absolute Gasteiger partial charge is 0.502 e. The Bertz CT molecular complexity index is 693. The van der Waals surface area contributed by atoms with E-state index in [1.54, 1.807) is 6.07 Å². The molecule has 0 aliphatic heterocycles. The third-order valence-electron chi connectivity index (χ3n) is 2.98. The molecule has 2 aromatic carbocycles. The number of carbonyl (C=O) groups is 1. The van der Waals surface area contributed by atoms with E-state index in [9.17, 15) is 20.0 Å². The lowest BCUT2D eigenvalue weighted by Gasteiger charge is -2.06. The molecule has 5 nitrogen and oxygen atoms in total.